The molecule has 1 amide bonds. The highest BCUT2D eigenvalue weighted by Gasteiger charge is 2.21. The number of nitrogens with one attached hydrogen (secondary N) is 1. The molecule has 0 atom stereocenters. The number of nitro benzene ring substituents is 1. The van der Waals surface area contributed by atoms with E-state index in [0.717, 1.165) is 17.3 Å². The molecule has 0 aliphatic rings. The molecule has 3 aromatic rings. The van der Waals surface area contributed by atoms with Crippen molar-refractivity contribution in [3.63, 3.8) is 0 Å². The lowest BCUT2D eigenvalue weighted by Crippen LogP contribution is -2.13. The monoisotopic (exact) mass is 400 g/mol. The van der Waals surface area contributed by atoms with Crippen LogP contribution in [0.15, 0.2) is 46.8 Å². The molecular weight excluding hydrogens is 384 g/mol. The lowest BCUT2D eigenvalue weighted by atomic mass is 10.2. The van der Waals surface area contributed by atoms with E-state index in [4.69, 9.17) is 4.74 Å². The minimum atomic E-state index is -0.537. The molecule has 0 bridgehead atoms. The van der Waals surface area contributed by atoms with E-state index in [1.807, 2.05) is 6.92 Å². The molecule has 0 aliphatic heterocycles. The summed E-state index contributed by atoms with van der Waals surface area (Å²) in [6.07, 6.45) is 3.11. The first-order valence-electron chi connectivity index (χ1n) is 8.01. The number of anilines is 1. The highest BCUT2D eigenvalue weighted by atomic mass is 32.2. The summed E-state index contributed by atoms with van der Waals surface area (Å²) in [6, 6.07) is 5.95. The van der Waals surface area contributed by atoms with Crippen molar-refractivity contribution in [2.24, 2.45) is 7.05 Å². The first-order valence-corrected chi connectivity index (χ1v) is 8.83. The Hall–Kier alpha value is -3.47. The van der Waals surface area contributed by atoms with Crippen molar-refractivity contribution in [1.29, 1.82) is 0 Å². The second-order valence-electron chi connectivity index (χ2n) is 5.79. The summed E-state index contributed by atoms with van der Waals surface area (Å²) in [5.74, 6) is -0.257. The van der Waals surface area contributed by atoms with Crippen molar-refractivity contribution in [2.45, 2.75) is 17.0 Å². The van der Waals surface area contributed by atoms with E-state index in [9.17, 15) is 14.9 Å². The minimum Gasteiger partial charge on any atom is -0.480 e. The average Bonchev–Trinajstić information content (AvgIpc) is 3.06. The van der Waals surface area contributed by atoms with Crippen LogP contribution < -0.4 is 10.1 Å². The Bertz CT molecular complexity index is 1050. The number of pyridine rings is 1. The van der Waals surface area contributed by atoms with E-state index < -0.39 is 10.8 Å². The van der Waals surface area contributed by atoms with Crippen molar-refractivity contribution in [3.05, 3.63) is 58.0 Å². The van der Waals surface area contributed by atoms with Crippen molar-refractivity contribution in [1.82, 2.24) is 19.7 Å². The number of amides is 1. The highest BCUT2D eigenvalue weighted by Crippen LogP contribution is 2.34. The molecule has 0 radical (unpaired) electrons. The van der Waals surface area contributed by atoms with Gasteiger partial charge in [-0.25, -0.2) is 4.98 Å². The summed E-state index contributed by atoms with van der Waals surface area (Å²) in [4.78, 5) is 28.0. The van der Waals surface area contributed by atoms with Gasteiger partial charge in [-0.1, -0.05) is 0 Å². The third-order valence-corrected chi connectivity index (χ3v) is 4.84. The summed E-state index contributed by atoms with van der Waals surface area (Å²) >= 11 is 1.09. The Morgan fingerprint density at radius 3 is 2.79 bits per heavy atom. The third-order valence-electron chi connectivity index (χ3n) is 3.72. The molecule has 0 saturated carbocycles. The molecule has 0 saturated heterocycles. The van der Waals surface area contributed by atoms with Crippen molar-refractivity contribution >= 4 is 29.0 Å². The van der Waals surface area contributed by atoms with Crippen LogP contribution in [0.4, 0.5) is 11.4 Å². The van der Waals surface area contributed by atoms with Gasteiger partial charge < -0.3 is 14.6 Å². The van der Waals surface area contributed by atoms with Crippen LogP contribution in [0.3, 0.4) is 0 Å². The van der Waals surface area contributed by atoms with Gasteiger partial charge in [-0.05, 0) is 42.4 Å². The van der Waals surface area contributed by atoms with Crippen LogP contribution in [-0.2, 0) is 7.05 Å². The maximum atomic E-state index is 12.6. The number of nitrogens with zero attached hydrogens (tertiary/aromatic N) is 5. The average molecular weight is 400 g/mol. The molecule has 0 spiro atoms. The van der Waals surface area contributed by atoms with Crippen LogP contribution in [0, 0.1) is 17.0 Å². The van der Waals surface area contributed by atoms with Gasteiger partial charge in [-0.15, -0.1) is 10.2 Å². The van der Waals surface area contributed by atoms with E-state index in [-0.39, 0.29) is 17.1 Å². The van der Waals surface area contributed by atoms with E-state index in [2.05, 4.69) is 20.5 Å². The number of hydrogen-bond donors (Lipinski definition) is 1. The van der Waals surface area contributed by atoms with E-state index >= 15 is 0 Å². The second kappa shape index (κ2) is 8.05. The maximum Gasteiger partial charge on any atom is 0.284 e. The smallest absolute Gasteiger partial charge is 0.284 e. The third kappa shape index (κ3) is 4.09. The lowest BCUT2D eigenvalue weighted by Gasteiger charge is -2.10. The molecule has 10 nitrogen and oxygen atoms in total. The molecule has 2 heterocycles. The molecular formula is C17H16N6O4S. The molecule has 144 valence electrons. The quantitative estimate of drug-likeness (QED) is 0.495. The largest absolute Gasteiger partial charge is 0.480 e. The number of carbonyl (C=O) groups is 1. The zero-order chi connectivity index (χ0) is 20.3. The molecule has 3 rings (SSSR count). The topological polar surface area (TPSA) is 125 Å². The molecule has 11 heteroatoms. The Balaban J connectivity index is 1.89. The van der Waals surface area contributed by atoms with Crippen LogP contribution in [0.2, 0.25) is 0 Å². The van der Waals surface area contributed by atoms with Gasteiger partial charge in [0.15, 0.2) is 5.16 Å². The zero-order valence-electron chi connectivity index (χ0n) is 15.2. The molecule has 0 unspecified atom stereocenters. The summed E-state index contributed by atoms with van der Waals surface area (Å²) in [5, 5.41) is 22.3. The van der Waals surface area contributed by atoms with Gasteiger partial charge in [0.1, 0.15) is 12.0 Å². The number of nitro groups is 1. The number of aryl methyl sites for hydroxylation is 2. The van der Waals surface area contributed by atoms with Gasteiger partial charge >= 0.3 is 0 Å². The summed E-state index contributed by atoms with van der Waals surface area (Å²) in [5.41, 5.74) is 1.15. The van der Waals surface area contributed by atoms with Gasteiger partial charge in [0.05, 0.1) is 16.9 Å². The minimum absolute atomic E-state index is 0.137. The SMILES string of the molecule is COc1ncc(C)cc1NC(=O)c1ccc(Sc2nncn2C)c([N+](=O)[O-])c1. The standard InChI is InChI=1S/C17H16N6O4S/c1-10-6-12(16(27-3)18-8-10)20-15(24)11-4-5-14(13(7-11)23(25)26)28-17-21-19-9-22(17)2/h4-9H,1-3H3,(H,20,24). The summed E-state index contributed by atoms with van der Waals surface area (Å²) in [7, 11) is 3.18. The van der Waals surface area contributed by atoms with Crippen molar-refractivity contribution < 1.29 is 14.5 Å². The highest BCUT2D eigenvalue weighted by molar-refractivity contribution is 7.99. The molecule has 28 heavy (non-hydrogen) atoms. The fourth-order valence-electron chi connectivity index (χ4n) is 2.35. The van der Waals surface area contributed by atoms with Gasteiger partial charge in [0.2, 0.25) is 5.88 Å². The van der Waals surface area contributed by atoms with Gasteiger partial charge in [-0.3, -0.25) is 14.9 Å². The molecule has 1 aromatic carbocycles. The number of rotatable bonds is 6. The van der Waals surface area contributed by atoms with Gasteiger partial charge in [0.25, 0.3) is 11.6 Å². The normalized spacial score (nSPS) is 10.5. The lowest BCUT2D eigenvalue weighted by molar-refractivity contribution is -0.387. The van der Waals surface area contributed by atoms with E-state index in [0.29, 0.717) is 15.7 Å². The Morgan fingerprint density at radius 2 is 2.14 bits per heavy atom. The van der Waals surface area contributed by atoms with Crippen LogP contribution in [0.5, 0.6) is 5.88 Å². The number of benzene rings is 1. The molecule has 1 N–H and O–H groups in total. The van der Waals surface area contributed by atoms with Crippen molar-refractivity contribution in [3.8, 4) is 5.88 Å². The van der Waals surface area contributed by atoms with Crippen LogP contribution >= 0.6 is 11.8 Å². The number of carbonyl (C=O) groups excluding carboxylic acids is 1. The Labute approximate surface area is 164 Å². The molecule has 0 aliphatic carbocycles. The zero-order valence-corrected chi connectivity index (χ0v) is 16.1. The van der Waals surface area contributed by atoms with E-state index in [1.165, 1.54) is 31.6 Å². The fraction of sp³-hybridized carbons (Fsp3) is 0.176. The van der Waals surface area contributed by atoms with Crippen LogP contribution in [0.25, 0.3) is 0 Å². The number of aromatic nitrogens is 4. The van der Waals surface area contributed by atoms with Crippen LogP contribution in [-0.4, -0.2) is 37.7 Å². The van der Waals surface area contributed by atoms with Gasteiger partial charge in [0, 0.05) is 24.9 Å². The predicted molar refractivity (Wildman–Crippen MR) is 102 cm³/mol. The van der Waals surface area contributed by atoms with Crippen molar-refractivity contribution in [2.75, 3.05) is 12.4 Å². The molecule has 2 aromatic heterocycles. The number of ether oxygens (including phenoxy) is 1. The van der Waals surface area contributed by atoms with E-state index in [1.54, 1.807) is 23.9 Å². The maximum absolute atomic E-state index is 12.6. The first-order chi connectivity index (χ1) is 13.4. The Kier molecular flexibility index (Phi) is 5.54. The number of hydrogen-bond acceptors (Lipinski definition) is 8. The Morgan fingerprint density at radius 1 is 1.36 bits per heavy atom. The van der Waals surface area contributed by atoms with Gasteiger partial charge in [-0.2, -0.15) is 0 Å². The first kappa shape index (κ1) is 19.3. The summed E-state index contributed by atoms with van der Waals surface area (Å²) < 4.78 is 6.78. The summed E-state index contributed by atoms with van der Waals surface area (Å²) in [6.45, 7) is 1.82. The number of methoxy groups -OCH3 is 1. The predicted octanol–water partition coefficient (Wildman–Crippen LogP) is 2.84. The van der Waals surface area contributed by atoms with Crippen LogP contribution in [0.1, 0.15) is 15.9 Å². The fourth-order valence-corrected chi connectivity index (χ4v) is 3.20. The second-order valence-corrected chi connectivity index (χ2v) is 6.80. The molecule has 0 fully saturated rings.